The second kappa shape index (κ2) is 6.05. The van der Waals surface area contributed by atoms with Crippen LogP contribution in [-0.4, -0.2) is 30.4 Å². The van der Waals surface area contributed by atoms with E-state index in [0.717, 1.165) is 25.9 Å². The molecule has 0 aliphatic heterocycles. The van der Waals surface area contributed by atoms with E-state index in [1.165, 1.54) is 19.3 Å². The van der Waals surface area contributed by atoms with Gasteiger partial charge in [0.2, 0.25) is 5.91 Å². The first kappa shape index (κ1) is 15.5. The van der Waals surface area contributed by atoms with Crippen molar-refractivity contribution in [2.45, 2.75) is 59.8 Å². The summed E-state index contributed by atoms with van der Waals surface area (Å²) < 4.78 is 0. The highest BCUT2D eigenvalue weighted by molar-refractivity contribution is 5.82. The monoisotopic (exact) mass is 254 g/mol. The fraction of sp³-hybridized carbons (Fsp3) is 0.933. The molecule has 0 spiro atoms. The summed E-state index contributed by atoms with van der Waals surface area (Å²) in [6.07, 6.45) is 5.76. The number of amides is 1. The molecule has 106 valence electrons. The van der Waals surface area contributed by atoms with Crippen molar-refractivity contribution in [1.29, 1.82) is 0 Å². The van der Waals surface area contributed by atoms with E-state index < -0.39 is 0 Å². The molecule has 3 nitrogen and oxygen atoms in total. The van der Waals surface area contributed by atoms with Gasteiger partial charge < -0.3 is 10.6 Å². The molecule has 1 aliphatic carbocycles. The summed E-state index contributed by atoms with van der Waals surface area (Å²) in [5, 5.41) is 0. The van der Waals surface area contributed by atoms with Crippen LogP contribution in [0.2, 0.25) is 0 Å². The third-order valence-electron chi connectivity index (χ3n) is 4.31. The van der Waals surface area contributed by atoms with Gasteiger partial charge in [0, 0.05) is 18.5 Å². The normalized spacial score (nSPS) is 19.6. The number of nitrogens with zero attached hydrogens (tertiary/aromatic N) is 1. The second-order valence-corrected chi connectivity index (χ2v) is 6.81. The topological polar surface area (TPSA) is 46.3 Å². The summed E-state index contributed by atoms with van der Waals surface area (Å²) in [5.74, 6) is 0.339. The van der Waals surface area contributed by atoms with Crippen molar-refractivity contribution >= 4 is 5.91 Å². The van der Waals surface area contributed by atoms with Gasteiger partial charge in [-0.15, -0.1) is 0 Å². The lowest BCUT2D eigenvalue weighted by Crippen LogP contribution is -2.48. The van der Waals surface area contributed by atoms with E-state index in [4.69, 9.17) is 5.73 Å². The first-order valence-corrected chi connectivity index (χ1v) is 7.34. The average Bonchev–Trinajstić information content (AvgIpc) is 2.36. The Morgan fingerprint density at radius 1 is 1.28 bits per heavy atom. The Morgan fingerprint density at radius 2 is 1.83 bits per heavy atom. The number of carbonyl (C=O) groups is 1. The molecule has 3 heteroatoms. The van der Waals surface area contributed by atoms with Crippen LogP contribution in [0.3, 0.4) is 0 Å². The Kier molecular flexibility index (Phi) is 5.20. The predicted molar refractivity (Wildman–Crippen MR) is 76.3 cm³/mol. The minimum Gasteiger partial charge on any atom is -0.342 e. The Bertz CT molecular complexity index is 280. The zero-order valence-electron chi connectivity index (χ0n) is 12.6. The summed E-state index contributed by atoms with van der Waals surface area (Å²) >= 11 is 0. The molecular formula is C15H30N2O. The lowest BCUT2D eigenvalue weighted by atomic mass is 9.74. The van der Waals surface area contributed by atoms with Crippen LogP contribution >= 0.6 is 0 Å². The highest BCUT2D eigenvalue weighted by Crippen LogP contribution is 2.37. The summed E-state index contributed by atoms with van der Waals surface area (Å²) in [6, 6.07) is 0. The van der Waals surface area contributed by atoms with Crippen LogP contribution in [0.25, 0.3) is 0 Å². The first-order valence-electron chi connectivity index (χ1n) is 7.34. The Labute approximate surface area is 112 Å². The van der Waals surface area contributed by atoms with E-state index in [2.05, 4.69) is 27.7 Å². The van der Waals surface area contributed by atoms with Crippen molar-refractivity contribution in [2.75, 3.05) is 19.6 Å². The summed E-state index contributed by atoms with van der Waals surface area (Å²) in [6.45, 7) is 10.7. The predicted octanol–water partition coefficient (Wildman–Crippen LogP) is 2.79. The van der Waals surface area contributed by atoms with Gasteiger partial charge in [-0.2, -0.15) is 0 Å². The molecule has 0 heterocycles. The Balaban J connectivity index is 2.72. The van der Waals surface area contributed by atoms with Crippen LogP contribution in [0.1, 0.15) is 59.8 Å². The average molecular weight is 254 g/mol. The molecule has 0 radical (unpaired) electrons. The van der Waals surface area contributed by atoms with Crippen LogP contribution in [0.5, 0.6) is 0 Å². The summed E-state index contributed by atoms with van der Waals surface area (Å²) in [7, 11) is 0. The summed E-state index contributed by atoms with van der Waals surface area (Å²) in [5.41, 5.74) is 5.67. The maximum atomic E-state index is 12.7. The Hall–Kier alpha value is -0.570. The van der Waals surface area contributed by atoms with Crippen LogP contribution in [0.15, 0.2) is 0 Å². The lowest BCUT2D eigenvalue weighted by Gasteiger charge is -2.39. The molecule has 0 bridgehead atoms. The van der Waals surface area contributed by atoms with Gasteiger partial charge in [0.15, 0.2) is 0 Å². The van der Waals surface area contributed by atoms with Gasteiger partial charge in [0.05, 0.1) is 0 Å². The largest absolute Gasteiger partial charge is 0.342 e. The molecule has 2 N–H and O–H groups in total. The Morgan fingerprint density at radius 3 is 2.28 bits per heavy atom. The molecule has 1 rings (SSSR count). The van der Waals surface area contributed by atoms with Gasteiger partial charge >= 0.3 is 0 Å². The van der Waals surface area contributed by atoms with Crippen molar-refractivity contribution in [1.82, 2.24) is 4.90 Å². The van der Waals surface area contributed by atoms with Gasteiger partial charge in [0.25, 0.3) is 0 Å². The zero-order chi connectivity index (χ0) is 13.8. The SMILES string of the molecule is CCN(CC(C)(C)CN)C(=O)C1(C)CCCCC1. The van der Waals surface area contributed by atoms with Crippen molar-refractivity contribution in [2.24, 2.45) is 16.6 Å². The van der Waals surface area contributed by atoms with Gasteiger partial charge in [-0.05, 0) is 31.7 Å². The molecule has 1 saturated carbocycles. The quantitative estimate of drug-likeness (QED) is 0.820. The molecule has 0 aromatic carbocycles. The molecule has 1 fully saturated rings. The third kappa shape index (κ3) is 3.71. The van der Waals surface area contributed by atoms with E-state index in [0.29, 0.717) is 12.5 Å². The fourth-order valence-corrected chi connectivity index (χ4v) is 2.84. The molecular weight excluding hydrogens is 224 g/mol. The number of rotatable bonds is 5. The van der Waals surface area contributed by atoms with Gasteiger partial charge in [-0.1, -0.05) is 40.0 Å². The zero-order valence-corrected chi connectivity index (χ0v) is 12.6. The lowest BCUT2D eigenvalue weighted by molar-refractivity contribution is -0.144. The van der Waals surface area contributed by atoms with Crippen LogP contribution in [0, 0.1) is 10.8 Å². The number of hydrogen-bond acceptors (Lipinski definition) is 2. The van der Waals surface area contributed by atoms with Crippen LogP contribution in [-0.2, 0) is 4.79 Å². The maximum Gasteiger partial charge on any atom is 0.228 e. The van der Waals surface area contributed by atoms with Gasteiger partial charge in [-0.25, -0.2) is 0 Å². The second-order valence-electron chi connectivity index (χ2n) is 6.81. The molecule has 0 aromatic rings. The van der Waals surface area contributed by atoms with Gasteiger partial charge in [-0.3, -0.25) is 4.79 Å². The molecule has 0 saturated heterocycles. The smallest absolute Gasteiger partial charge is 0.228 e. The van der Waals surface area contributed by atoms with Crippen molar-refractivity contribution in [3.8, 4) is 0 Å². The molecule has 1 aliphatic rings. The number of carbonyl (C=O) groups excluding carboxylic acids is 1. The number of nitrogens with two attached hydrogens (primary N) is 1. The summed E-state index contributed by atoms with van der Waals surface area (Å²) in [4.78, 5) is 14.7. The standard InChI is InChI=1S/C15H30N2O/c1-5-17(12-14(2,3)11-16)13(18)15(4)9-7-6-8-10-15/h5-12,16H2,1-4H3. The molecule has 18 heavy (non-hydrogen) atoms. The van der Waals surface area contributed by atoms with E-state index >= 15 is 0 Å². The highest BCUT2D eigenvalue weighted by atomic mass is 16.2. The van der Waals surface area contributed by atoms with Crippen molar-refractivity contribution in [3.05, 3.63) is 0 Å². The number of hydrogen-bond donors (Lipinski definition) is 1. The minimum absolute atomic E-state index is 0.0106. The third-order valence-corrected chi connectivity index (χ3v) is 4.31. The molecule has 0 aromatic heterocycles. The van der Waals surface area contributed by atoms with E-state index in [9.17, 15) is 4.79 Å². The van der Waals surface area contributed by atoms with E-state index in [-0.39, 0.29) is 10.8 Å². The van der Waals surface area contributed by atoms with Crippen LogP contribution in [0.4, 0.5) is 0 Å². The van der Waals surface area contributed by atoms with Gasteiger partial charge in [0.1, 0.15) is 0 Å². The van der Waals surface area contributed by atoms with E-state index in [1.807, 2.05) is 4.90 Å². The van der Waals surface area contributed by atoms with Crippen molar-refractivity contribution in [3.63, 3.8) is 0 Å². The fourth-order valence-electron chi connectivity index (χ4n) is 2.84. The van der Waals surface area contributed by atoms with E-state index in [1.54, 1.807) is 0 Å². The molecule has 1 amide bonds. The highest BCUT2D eigenvalue weighted by Gasteiger charge is 2.38. The first-order chi connectivity index (χ1) is 8.34. The van der Waals surface area contributed by atoms with Crippen molar-refractivity contribution < 1.29 is 4.79 Å². The molecule has 0 atom stereocenters. The van der Waals surface area contributed by atoms with Crippen LogP contribution < -0.4 is 5.73 Å². The molecule has 0 unspecified atom stereocenters. The minimum atomic E-state index is -0.126. The maximum absolute atomic E-state index is 12.7.